The smallest absolute Gasteiger partial charge is 0.187 e. The van der Waals surface area contributed by atoms with E-state index in [2.05, 4.69) is 5.32 Å². The Morgan fingerprint density at radius 3 is 2.47 bits per heavy atom. The summed E-state index contributed by atoms with van der Waals surface area (Å²) in [6.45, 7) is 1.29. The first-order valence-electron chi connectivity index (χ1n) is 6.04. The molecule has 0 atom stereocenters. The van der Waals surface area contributed by atoms with Gasteiger partial charge in [0, 0.05) is 6.54 Å². The highest BCUT2D eigenvalue weighted by atomic mass is 19.1. The summed E-state index contributed by atoms with van der Waals surface area (Å²) in [4.78, 5) is 0. The van der Waals surface area contributed by atoms with Crippen molar-refractivity contribution in [2.75, 3.05) is 6.54 Å². The number of phenolic OH excluding ortho intramolecular Hbond substituents is 1. The van der Waals surface area contributed by atoms with E-state index in [9.17, 15) is 8.78 Å². The summed E-state index contributed by atoms with van der Waals surface area (Å²) >= 11 is 0. The maximum absolute atomic E-state index is 13.0. The van der Waals surface area contributed by atoms with Crippen LogP contribution in [0.1, 0.15) is 31.2 Å². The molecule has 1 aromatic rings. The number of nitrogens with one attached hydrogen (secondary N) is 1. The van der Waals surface area contributed by atoms with Crippen molar-refractivity contribution in [2.24, 2.45) is 5.92 Å². The normalized spacial score (nSPS) is 15.2. The molecule has 0 radical (unpaired) electrons. The van der Waals surface area contributed by atoms with Crippen molar-refractivity contribution in [1.82, 2.24) is 5.32 Å². The Kier molecular flexibility index (Phi) is 3.94. The summed E-state index contributed by atoms with van der Waals surface area (Å²) in [5.74, 6) is -1.79. The second-order valence-corrected chi connectivity index (χ2v) is 4.67. The van der Waals surface area contributed by atoms with Crippen molar-refractivity contribution in [2.45, 2.75) is 32.2 Å². The Hall–Kier alpha value is -1.16. The molecule has 0 spiro atoms. The largest absolute Gasteiger partial charge is 0.503 e. The summed E-state index contributed by atoms with van der Waals surface area (Å²) in [7, 11) is 0. The number of halogens is 2. The van der Waals surface area contributed by atoms with E-state index >= 15 is 0 Å². The molecular formula is C13H17F2NO. The first-order chi connectivity index (χ1) is 8.16. The fourth-order valence-corrected chi connectivity index (χ4v) is 1.88. The van der Waals surface area contributed by atoms with Crippen LogP contribution in [0.15, 0.2) is 12.1 Å². The zero-order chi connectivity index (χ0) is 12.3. The van der Waals surface area contributed by atoms with Crippen LogP contribution < -0.4 is 5.32 Å². The van der Waals surface area contributed by atoms with E-state index in [0.29, 0.717) is 12.1 Å². The van der Waals surface area contributed by atoms with Crippen LogP contribution in [0, 0.1) is 17.6 Å². The molecule has 1 aromatic carbocycles. The first kappa shape index (κ1) is 12.3. The van der Waals surface area contributed by atoms with E-state index in [1.807, 2.05) is 0 Å². The number of benzene rings is 1. The zero-order valence-corrected chi connectivity index (χ0v) is 9.68. The third kappa shape index (κ3) is 3.66. The van der Waals surface area contributed by atoms with Gasteiger partial charge in [-0.3, -0.25) is 0 Å². The minimum atomic E-state index is -0.903. The molecule has 94 valence electrons. The molecule has 1 saturated carbocycles. The van der Waals surface area contributed by atoms with Gasteiger partial charge < -0.3 is 10.4 Å². The fraction of sp³-hybridized carbons (Fsp3) is 0.538. The number of hydrogen-bond acceptors (Lipinski definition) is 2. The van der Waals surface area contributed by atoms with Gasteiger partial charge in [0.2, 0.25) is 0 Å². The molecule has 1 aliphatic carbocycles. The minimum Gasteiger partial charge on any atom is -0.503 e. The second kappa shape index (κ2) is 5.45. The van der Waals surface area contributed by atoms with Gasteiger partial charge in [0.25, 0.3) is 0 Å². The van der Waals surface area contributed by atoms with Crippen LogP contribution >= 0.6 is 0 Å². The Labute approximate surface area is 99.7 Å². The molecule has 17 heavy (non-hydrogen) atoms. The Morgan fingerprint density at radius 2 is 1.88 bits per heavy atom. The molecule has 2 N–H and O–H groups in total. The van der Waals surface area contributed by atoms with Gasteiger partial charge in [0.05, 0.1) is 0 Å². The lowest BCUT2D eigenvalue weighted by Crippen LogP contribution is -2.15. The average molecular weight is 241 g/mol. The monoisotopic (exact) mass is 241 g/mol. The lowest BCUT2D eigenvalue weighted by atomic mass is 10.2. The van der Waals surface area contributed by atoms with Gasteiger partial charge in [-0.1, -0.05) is 12.8 Å². The predicted molar refractivity (Wildman–Crippen MR) is 61.7 cm³/mol. The van der Waals surface area contributed by atoms with Crippen LogP contribution in [-0.2, 0) is 6.54 Å². The van der Waals surface area contributed by atoms with Crippen molar-refractivity contribution < 1.29 is 13.9 Å². The van der Waals surface area contributed by atoms with E-state index in [1.165, 1.54) is 19.3 Å². The molecule has 2 rings (SSSR count). The third-order valence-corrected chi connectivity index (χ3v) is 3.07. The van der Waals surface area contributed by atoms with Gasteiger partial charge in [0.1, 0.15) is 0 Å². The van der Waals surface area contributed by atoms with Crippen LogP contribution in [0.4, 0.5) is 8.78 Å². The van der Waals surface area contributed by atoms with Crippen molar-refractivity contribution >= 4 is 0 Å². The van der Waals surface area contributed by atoms with Crippen LogP contribution in [0.2, 0.25) is 0 Å². The number of aromatic hydroxyl groups is 1. The van der Waals surface area contributed by atoms with Crippen molar-refractivity contribution in [3.05, 3.63) is 29.3 Å². The van der Waals surface area contributed by atoms with Gasteiger partial charge in [-0.05, 0) is 43.0 Å². The molecule has 0 unspecified atom stereocenters. The topological polar surface area (TPSA) is 32.3 Å². The number of phenols is 1. The Bertz CT molecular complexity index is 368. The van der Waals surface area contributed by atoms with Crippen LogP contribution in [-0.4, -0.2) is 11.7 Å². The van der Waals surface area contributed by atoms with Gasteiger partial charge in [-0.15, -0.1) is 0 Å². The van der Waals surface area contributed by atoms with Gasteiger partial charge >= 0.3 is 0 Å². The molecular weight excluding hydrogens is 224 g/mol. The molecule has 2 nitrogen and oxygen atoms in total. The summed E-state index contributed by atoms with van der Waals surface area (Å²) in [5.41, 5.74) is 0.518. The number of rotatable bonds is 6. The molecule has 0 bridgehead atoms. The molecule has 0 heterocycles. The van der Waals surface area contributed by atoms with E-state index < -0.39 is 17.4 Å². The standard InChI is InChI=1S/C13H17F2NO/c14-11-6-10(7-12(15)13(11)17)8-16-5-1-2-9-3-4-9/h6-7,9,16-17H,1-5,8H2. The summed E-state index contributed by atoms with van der Waals surface area (Å²) in [6, 6.07) is 2.32. The Balaban J connectivity index is 1.73. The van der Waals surface area contributed by atoms with Crippen molar-refractivity contribution in [3.8, 4) is 5.75 Å². The molecule has 0 amide bonds. The van der Waals surface area contributed by atoms with Gasteiger partial charge in [0.15, 0.2) is 17.4 Å². The predicted octanol–water partition coefficient (Wildman–Crippen LogP) is 2.95. The highest BCUT2D eigenvalue weighted by Gasteiger charge is 2.19. The van der Waals surface area contributed by atoms with Crippen LogP contribution in [0.25, 0.3) is 0 Å². The Morgan fingerprint density at radius 1 is 1.24 bits per heavy atom. The minimum absolute atomic E-state index is 0.429. The van der Waals surface area contributed by atoms with E-state index in [-0.39, 0.29) is 0 Å². The lowest BCUT2D eigenvalue weighted by Gasteiger charge is -2.06. The molecule has 1 aliphatic rings. The third-order valence-electron chi connectivity index (χ3n) is 3.07. The van der Waals surface area contributed by atoms with Crippen molar-refractivity contribution in [1.29, 1.82) is 0 Å². The maximum Gasteiger partial charge on any atom is 0.187 e. The van der Waals surface area contributed by atoms with Gasteiger partial charge in [-0.25, -0.2) is 8.78 Å². The van der Waals surface area contributed by atoms with Crippen molar-refractivity contribution in [3.63, 3.8) is 0 Å². The van der Waals surface area contributed by atoms with E-state index in [0.717, 1.165) is 31.0 Å². The SMILES string of the molecule is Oc1c(F)cc(CNCCCC2CC2)cc1F. The molecule has 0 aliphatic heterocycles. The maximum atomic E-state index is 13.0. The van der Waals surface area contributed by atoms with E-state index in [4.69, 9.17) is 5.11 Å². The summed E-state index contributed by atoms with van der Waals surface area (Å²) in [5, 5.41) is 12.1. The molecule has 4 heteroatoms. The zero-order valence-electron chi connectivity index (χ0n) is 9.68. The molecule has 1 fully saturated rings. The van der Waals surface area contributed by atoms with Crippen LogP contribution in [0.3, 0.4) is 0 Å². The molecule has 0 saturated heterocycles. The van der Waals surface area contributed by atoms with Gasteiger partial charge in [-0.2, -0.15) is 0 Å². The lowest BCUT2D eigenvalue weighted by molar-refractivity contribution is 0.395. The number of hydrogen-bond donors (Lipinski definition) is 2. The molecule has 0 aromatic heterocycles. The summed E-state index contributed by atoms with van der Waals surface area (Å²) < 4.78 is 26.0. The van der Waals surface area contributed by atoms with E-state index in [1.54, 1.807) is 0 Å². The highest BCUT2D eigenvalue weighted by Crippen LogP contribution is 2.33. The second-order valence-electron chi connectivity index (χ2n) is 4.67. The highest BCUT2D eigenvalue weighted by molar-refractivity contribution is 5.29. The average Bonchev–Trinajstić information content (AvgIpc) is 3.09. The quantitative estimate of drug-likeness (QED) is 0.750. The summed E-state index contributed by atoms with van der Waals surface area (Å²) in [6.07, 6.45) is 5.06. The first-order valence-corrected chi connectivity index (χ1v) is 6.04. The van der Waals surface area contributed by atoms with Crippen LogP contribution in [0.5, 0.6) is 5.75 Å². The fourth-order valence-electron chi connectivity index (χ4n) is 1.88.